The molecule has 2 aliphatic carbocycles. The maximum atomic E-state index is 13.7. The van der Waals surface area contributed by atoms with Gasteiger partial charge < -0.3 is 0 Å². The van der Waals surface area contributed by atoms with Gasteiger partial charge in [0, 0.05) is 23.5 Å². The minimum Gasteiger partial charge on any atom is -0.274 e. The van der Waals surface area contributed by atoms with E-state index in [1.54, 1.807) is 19.1 Å². The molecule has 6 nitrogen and oxygen atoms in total. The number of imide groups is 1. The minimum absolute atomic E-state index is 0.0997. The zero-order valence-electron chi connectivity index (χ0n) is 19.0. The van der Waals surface area contributed by atoms with Gasteiger partial charge in [0.15, 0.2) is 0 Å². The van der Waals surface area contributed by atoms with E-state index in [9.17, 15) is 19.7 Å². The molecule has 3 aliphatic rings. The predicted molar refractivity (Wildman–Crippen MR) is 132 cm³/mol. The second kappa shape index (κ2) is 7.87. The summed E-state index contributed by atoms with van der Waals surface area (Å²) in [5.41, 5.74) is 4.93. The molecule has 0 spiro atoms. The first-order valence-corrected chi connectivity index (χ1v) is 11.6. The fourth-order valence-corrected chi connectivity index (χ4v) is 5.99. The van der Waals surface area contributed by atoms with E-state index in [1.165, 1.54) is 6.07 Å². The van der Waals surface area contributed by atoms with Crippen LogP contribution in [0.1, 0.15) is 16.7 Å². The molecule has 0 unspecified atom stereocenters. The first-order chi connectivity index (χ1) is 17.0. The second-order valence-corrected chi connectivity index (χ2v) is 9.29. The zero-order chi connectivity index (χ0) is 24.3. The van der Waals surface area contributed by atoms with Crippen molar-refractivity contribution in [3.05, 3.63) is 123 Å². The first kappa shape index (κ1) is 21.2. The van der Waals surface area contributed by atoms with Crippen molar-refractivity contribution < 1.29 is 14.5 Å². The summed E-state index contributed by atoms with van der Waals surface area (Å²) in [5, 5.41) is 11.5. The number of hydrogen-bond acceptors (Lipinski definition) is 4. The number of rotatable bonds is 4. The third-order valence-corrected chi connectivity index (χ3v) is 7.48. The van der Waals surface area contributed by atoms with Crippen LogP contribution >= 0.6 is 0 Å². The summed E-state index contributed by atoms with van der Waals surface area (Å²) in [4.78, 5) is 39.5. The van der Waals surface area contributed by atoms with Crippen molar-refractivity contribution in [2.75, 3.05) is 4.90 Å². The fraction of sp³-hybridized carbons (Fsp3) is 0.172. The number of amides is 2. The van der Waals surface area contributed by atoms with Gasteiger partial charge in [0.05, 0.1) is 22.4 Å². The van der Waals surface area contributed by atoms with Gasteiger partial charge in [0.2, 0.25) is 11.8 Å². The van der Waals surface area contributed by atoms with Gasteiger partial charge in [-0.05, 0) is 35.3 Å². The topological polar surface area (TPSA) is 80.5 Å². The van der Waals surface area contributed by atoms with Crippen molar-refractivity contribution in [3.63, 3.8) is 0 Å². The Morgan fingerprint density at radius 1 is 0.800 bits per heavy atom. The van der Waals surface area contributed by atoms with Crippen LogP contribution in [-0.4, -0.2) is 16.7 Å². The Balaban J connectivity index is 1.46. The molecule has 1 heterocycles. The van der Waals surface area contributed by atoms with Crippen molar-refractivity contribution in [2.45, 2.75) is 6.92 Å². The number of carbonyl (C=O) groups is 2. The van der Waals surface area contributed by atoms with Crippen LogP contribution in [0, 0.1) is 40.7 Å². The molecule has 6 heteroatoms. The van der Waals surface area contributed by atoms with E-state index >= 15 is 0 Å². The highest BCUT2D eigenvalue weighted by molar-refractivity contribution is 6.23. The maximum absolute atomic E-state index is 13.7. The Hall–Kier alpha value is -4.32. The molecule has 1 saturated heterocycles. The average molecular weight is 463 g/mol. The number of nitro groups is 1. The number of carbonyl (C=O) groups excluding carboxylic acids is 2. The molecule has 3 aromatic rings. The number of allylic oxidation sites excluding steroid dienone is 3. The summed E-state index contributed by atoms with van der Waals surface area (Å²) < 4.78 is 0. The van der Waals surface area contributed by atoms with Crippen LogP contribution in [0.3, 0.4) is 0 Å². The number of anilines is 1. The van der Waals surface area contributed by atoms with Gasteiger partial charge in [-0.1, -0.05) is 78.9 Å². The van der Waals surface area contributed by atoms with E-state index in [2.05, 4.69) is 36.4 Å². The molecule has 2 bridgehead atoms. The Labute approximate surface area is 202 Å². The largest absolute Gasteiger partial charge is 0.274 e. The van der Waals surface area contributed by atoms with Gasteiger partial charge in [-0.2, -0.15) is 0 Å². The Kier molecular flexibility index (Phi) is 4.78. The van der Waals surface area contributed by atoms with Crippen LogP contribution < -0.4 is 4.90 Å². The standard InChI is InChI=1S/C29H22N2O4/c1-17-12-13-20(16-23(17)31(34)35)30-28(32)26-21-14-15-22(27(26)29(30)33)25(21)24(18-8-4-2-5-9-18)19-10-6-3-7-11-19/h2-16,21-22,26-27H,1H3/t21-,22-,26-,27+/m0/s1. The summed E-state index contributed by atoms with van der Waals surface area (Å²) in [5.74, 6) is -1.96. The maximum Gasteiger partial charge on any atom is 0.274 e. The Morgan fingerprint density at radius 2 is 1.31 bits per heavy atom. The molecule has 35 heavy (non-hydrogen) atoms. The van der Waals surface area contributed by atoms with E-state index in [4.69, 9.17) is 0 Å². The van der Waals surface area contributed by atoms with Crippen LogP contribution in [0.2, 0.25) is 0 Å². The van der Waals surface area contributed by atoms with Crippen LogP contribution in [0.5, 0.6) is 0 Å². The molecule has 1 saturated carbocycles. The van der Waals surface area contributed by atoms with Crippen LogP contribution in [0.4, 0.5) is 11.4 Å². The summed E-state index contributed by atoms with van der Waals surface area (Å²) in [6.45, 7) is 1.64. The Morgan fingerprint density at radius 3 is 1.80 bits per heavy atom. The molecule has 0 N–H and O–H groups in total. The van der Waals surface area contributed by atoms with Crippen molar-refractivity contribution in [2.24, 2.45) is 23.7 Å². The first-order valence-electron chi connectivity index (χ1n) is 11.6. The second-order valence-electron chi connectivity index (χ2n) is 9.29. The quantitative estimate of drug-likeness (QED) is 0.227. The monoisotopic (exact) mass is 462 g/mol. The molecular formula is C29H22N2O4. The van der Waals surface area contributed by atoms with Gasteiger partial charge >= 0.3 is 0 Å². The number of aryl methyl sites for hydroxylation is 1. The summed E-state index contributed by atoms with van der Waals surface area (Å²) in [6, 6.07) is 24.7. The molecule has 172 valence electrons. The molecule has 6 rings (SSSR count). The third-order valence-electron chi connectivity index (χ3n) is 7.48. The van der Waals surface area contributed by atoms with Gasteiger partial charge in [-0.25, -0.2) is 4.90 Å². The van der Waals surface area contributed by atoms with Gasteiger partial charge in [0.1, 0.15) is 0 Å². The number of nitro benzene ring substituents is 1. The van der Waals surface area contributed by atoms with Crippen LogP contribution in [0.25, 0.3) is 5.57 Å². The van der Waals surface area contributed by atoms with E-state index in [1.807, 2.05) is 36.4 Å². The van der Waals surface area contributed by atoms with Gasteiger partial charge in [-0.3, -0.25) is 19.7 Å². The van der Waals surface area contributed by atoms with E-state index < -0.39 is 16.8 Å². The summed E-state index contributed by atoms with van der Waals surface area (Å²) >= 11 is 0. The number of hydrogen-bond donors (Lipinski definition) is 0. The Bertz CT molecular complexity index is 1370. The zero-order valence-corrected chi connectivity index (χ0v) is 19.0. The van der Waals surface area contributed by atoms with Crippen molar-refractivity contribution in [1.29, 1.82) is 0 Å². The van der Waals surface area contributed by atoms with E-state index in [-0.39, 0.29) is 35.0 Å². The molecule has 0 aromatic heterocycles. The molecule has 1 aliphatic heterocycles. The number of benzene rings is 3. The SMILES string of the molecule is Cc1ccc(N2C(=O)[C@@H]3[C@H](C2=O)[C@H]2C=C[C@H]3C2=C(c2ccccc2)c2ccccc2)cc1[N+](=O)[O-]. The lowest BCUT2D eigenvalue weighted by molar-refractivity contribution is -0.385. The lowest BCUT2D eigenvalue weighted by Crippen LogP contribution is -2.33. The number of fused-ring (bicyclic) bond motifs is 5. The normalized spacial score (nSPS) is 24.3. The third kappa shape index (κ3) is 3.10. The lowest BCUT2D eigenvalue weighted by Gasteiger charge is -2.21. The summed E-state index contributed by atoms with van der Waals surface area (Å²) in [6.07, 6.45) is 4.11. The van der Waals surface area contributed by atoms with Crippen molar-refractivity contribution >= 4 is 28.8 Å². The van der Waals surface area contributed by atoms with Crippen LogP contribution in [-0.2, 0) is 9.59 Å². The summed E-state index contributed by atoms with van der Waals surface area (Å²) in [7, 11) is 0. The molecule has 2 amide bonds. The average Bonchev–Trinajstić information content (AvgIpc) is 3.50. The fourth-order valence-electron chi connectivity index (χ4n) is 5.99. The highest BCUT2D eigenvalue weighted by atomic mass is 16.6. The molecule has 2 fully saturated rings. The van der Waals surface area contributed by atoms with E-state index in [0.29, 0.717) is 5.56 Å². The molecule has 3 aromatic carbocycles. The molecule has 4 atom stereocenters. The van der Waals surface area contributed by atoms with Crippen LogP contribution in [0.15, 0.2) is 96.6 Å². The minimum atomic E-state index is -0.504. The van der Waals surface area contributed by atoms with Gasteiger partial charge in [-0.15, -0.1) is 0 Å². The predicted octanol–water partition coefficient (Wildman–Crippen LogP) is 5.33. The van der Waals surface area contributed by atoms with Crippen molar-refractivity contribution in [3.8, 4) is 0 Å². The smallest absolute Gasteiger partial charge is 0.274 e. The number of nitrogens with zero attached hydrogens (tertiary/aromatic N) is 2. The van der Waals surface area contributed by atoms with Gasteiger partial charge in [0.25, 0.3) is 5.69 Å². The molecule has 0 radical (unpaired) electrons. The lowest BCUT2D eigenvalue weighted by atomic mass is 9.85. The van der Waals surface area contributed by atoms with Crippen molar-refractivity contribution in [1.82, 2.24) is 0 Å². The van der Waals surface area contributed by atoms with E-state index in [0.717, 1.165) is 27.2 Å². The highest BCUT2D eigenvalue weighted by Crippen LogP contribution is 2.59. The highest BCUT2D eigenvalue weighted by Gasteiger charge is 2.62. The molecular weight excluding hydrogens is 440 g/mol.